The van der Waals surface area contributed by atoms with Crippen LogP contribution >= 0.6 is 0 Å². The fourth-order valence-corrected chi connectivity index (χ4v) is 3.99. The molecule has 0 spiro atoms. The fraction of sp³-hybridized carbons (Fsp3) is 0.542. The molecule has 1 heteroatoms. The minimum Gasteiger partial charge on any atom is -0.256 e. The van der Waals surface area contributed by atoms with Gasteiger partial charge in [-0.3, -0.25) is 4.98 Å². The second-order valence-electron chi connectivity index (χ2n) is 9.01. The Morgan fingerprint density at radius 1 is 0.840 bits per heavy atom. The van der Waals surface area contributed by atoms with Crippen molar-refractivity contribution in [3.63, 3.8) is 0 Å². The van der Waals surface area contributed by atoms with Crippen LogP contribution in [0.1, 0.15) is 78.5 Å². The van der Waals surface area contributed by atoms with Crippen molar-refractivity contribution < 1.29 is 0 Å². The number of fused-ring (bicyclic) bond motifs is 1. The molecule has 1 aliphatic rings. The van der Waals surface area contributed by atoms with Gasteiger partial charge < -0.3 is 0 Å². The highest BCUT2D eigenvalue weighted by atomic mass is 14.7. The number of aromatic nitrogens is 1. The Kier molecular flexibility index (Phi) is 5.19. The van der Waals surface area contributed by atoms with Crippen molar-refractivity contribution in [1.29, 1.82) is 0 Å². The van der Waals surface area contributed by atoms with E-state index in [1.165, 1.54) is 28.7 Å². The van der Waals surface area contributed by atoms with Gasteiger partial charge in [0.05, 0.1) is 5.69 Å². The van der Waals surface area contributed by atoms with Crippen molar-refractivity contribution in [3.05, 3.63) is 53.2 Å². The SMILES string of the molecule is CCC.Cc1cc2c(cc1-c1ccccn1)C(C)(C)C(C)(C)C2(C)C. The zero-order chi connectivity index (χ0) is 19.0. The number of aryl methyl sites for hydroxylation is 1. The first-order chi connectivity index (χ1) is 11.5. The number of nitrogens with zero attached hydrogens (tertiary/aromatic N) is 1. The molecule has 25 heavy (non-hydrogen) atoms. The average Bonchev–Trinajstić information content (AvgIpc) is 2.64. The van der Waals surface area contributed by atoms with Gasteiger partial charge in [-0.1, -0.05) is 73.9 Å². The second kappa shape index (κ2) is 6.59. The highest BCUT2D eigenvalue weighted by Gasteiger charge is 2.56. The van der Waals surface area contributed by atoms with Gasteiger partial charge in [-0.2, -0.15) is 0 Å². The molecule has 1 heterocycles. The van der Waals surface area contributed by atoms with Crippen LogP contribution in [0.2, 0.25) is 0 Å². The van der Waals surface area contributed by atoms with Crippen LogP contribution in [0.25, 0.3) is 11.3 Å². The Balaban J connectivity index is 0.000000701. The van der Waals surface area contributed by atoms with Crippen LogP contribution in [0.15, 0.2) is 36.5 Å². The molecule has 0 radical (unpaired) electrons. The molecule has 2 aromatic rings. The Labute approximate surface area is 154 Å². The van der Waals surface area contributed by atoms with Gasteiger partial charge in [-0.25, -0.2) is 0 Å². The van der Waals surface area contributed by atoms with Gasteiger partial charge in [-0.15, -0.1) is 0 Å². The van der Waals surface area contributed by atoms with Crippen LogP contribution in [0, 0.1) is 12.3 Å². The van der Waals surface area contributed by atoms with Gasteiger partial charge in [-0.05, 0) is 58.1 Å². The predicted molar refractivity (Wildman–Crippen MR) is 110 cm³/mol. The summed E-state index contributed by atoms with van der Waals surface area (Å²) in [5.74, 6) is 0. The molecule has 0 atom stereocenters. The van der Waals surface area contributed by atoms with Crippen molar-refractivity contribution in [3.8, 4) is 11.3 Å². The monoisotopic (exact) mass is 337 g/mol. The van der Waals surface area contributed by atoms with Crippen molar-refractivity contribution in [1.82, 2.24) is 4.98 Å². The van der Waals surface area contributed by atoms with Crippen LogP contribution < -0.4 is 0 Å². The zero-order valence-corrected chi connectivity index (χ0v) is 17.6. The van der Waals surface area contributed by atoms with Gasteiger partial charge >= 0.3 is 0 Å². The summed E-state index contributed by atoms with van der Waals surface area (Å²) in [6.45, 7) is 20.8. The third kappa shape index (κ3) is 2.92. The van der Waals surface area contributed by atoms with E-state index in [2.05, 4.69) is 91.6 Å². The first-order valence-electron chi connectivity index (χ1n) is 9.59. The van der Waals surface area contributed by atoms with E-state index >= 15 is 0 Å². The molecule has 0 bridgehead atoms. The second-order valence-corrected chi connectivity index (χ2v) is 9.01. The first-order valence-corrected chi connectivity index (χ1v) is 9.59. The van der Waals surface area contributed by atoms with Crippen LogP contribution in [0.5, 0.6) is 0 Å². The number of hydrogen-bond donors (Lipinski definition) is 0. The van der Waals surface area contributed by atoms with Gasteiger partial charge in [0.25, 0.3) is 0 Å². The third-order valence-electron chi connectivity index (χ3n) is 6.78. The lowest BCUT2D eigenvalue weighted by molar-refractivity contribution is 0.125. The van der Waals surface area contributed by atoms with Crippen LogP contribution in [0.3, 0.4) is 0 Å². The van der Waals surface area contributed by atoms with Crippen molar-refractivity contribution >= 4 is 0 Å². The quantitative estimate of drug-likeness (QED) is 0.542. The summed E-state index contributed by atoms with van der Waals surface area (Å²) in [5.41, 5.74) is 7.15. The summed E-state index contributed by atoms with van der Waals surface area (Å²) >= 11 is 0. The molecule has 1 nitrogen and oxygen atoms in total. The largest absolute Gasteiger partial charge is 0.256 e. The molecule has 0 amide bonds. The summed E-state index contributed by atoms with van der Waals surface area (Å²) in [6.07, 6.45) is 3.13. The maximum atomic E-state index is 4.56. The molecular formula is C24H35N. The lowest BCUT2D eigenvalue weighted by Crippen LogP contribution is -2.42. The number of pyridine rings is 1. The molecule has 0 unspecified atom stereocenters. The first kappa shape index (κ1) is 19.7. The maximum Gasteiger partial charge on any atom is 0.0704 e. The Morgan fingerprint density at radius 2 is 1.36 bits per heavy atom. The van der Waals surface area contributed by atoms with Gasteiger partial charge in [0, 0.05) is 11.8 Å². The predicted octanol–water partition coefficient (Wildman–Crippen LogP) is 7.07. The van der Waals surface area contributed by atoms with E-state index in [9.17, 15) is 0 Å². The Morgan fingerprint density at radius 3 is 1.84 bits per heavy atom. The summed E-state index contributed by atoms with van der Waals surface area (Å²) in [7, 11) is 0. The minimum absolute atomic E-state index is 0.142. The molecule has 136 valence electrons. The lowest BCUT2D eigenvalue weighted by Gasteiger charge is -2.44. The summed E-state index contributed by atoms with van der Waals surface area (Å²) in [6, 6.07) is 10.9. The Hall–Kier alpha value is -1.63. The van der Waals surface area contributed by atoms with Crippen LogP contribution in [-0.4, -0.2) is 4.98 Å². The van der Waals surface area contributed by atoms with Crippen molar-refractivity contribution in [2.75, 3.05) is 0 Å². The zero-order valence-electron chi connectivity index (χ0n) is 17.6. The lowest BCUT2D eigenvalue weighted by atomic mass is 9.59. The minimum atomic E-state index is 0.142. The molecule has 3 rings (SSSR count). The van der Waals surface area contributed by atoms with Crippen LogP contribution in [-0.2, 0) is 10.8 Å². The summed E-state index contributed by atoms with van der Waals surface area (Å²) < 4.78 is 0. The van der Waals surface area contributed by atoms with E-state index in [0.717, 1.165) is 5.69 Å². The standard InChI is InChI=1S/C21H27N.C3H8/c1-14-12-16-17(13-15(14)18-10-8-9-11-22-18)20(4,5)21(6,7)19(16,2)3;1-3-2/h8-13H,1-7H3;3H2,1-2H3. The average molecular weight is 338 g/mol. The van der Waals surface area contributed by atoms with E-state index in [1.807, 2.05) is 12.3 Å². The van der Waals surface area contributed by atoms with Gasteiger partial charge in [0.1, 0.15) is 0 Å². The molecule has 1 aromatic carbocycles. The summed E-state index contributed by atoms with van der Waals surface area (Å²) in [4.78, 5) is 4.56. The third-order valence-corrected chi connectivity index (χ3v) is 6.78. The van der Waals surface area contributed by atoms with E-state index in [1.54, 1.807) is 0 Å². The molecule has 1 aliphatic carbocycles. The molecule has 0 saturated carbocycles. The molecule has 0 aliphatic heterocycles. The molecule has 1 aromatic heterocycles. The van der Waals surface area contributed by atoms with Gasteiger partial charge in [0.2, 0.25) is 0 Å². The normalized spacial score (nSPS) is 18.9. The van der Waals surface area contributed by atoms with Crippen LogP contribution in [0.4, 0.5) is 0 Å². The molecule has 0 N–H and O–H groups in total. The maximum absolute atomic E-state index is 4.56. The molecule has 0 saturated heterocycles. The highest BCUT2D eigenvalue weighted by Crippen LogP contribution is 2.62. The summed E-state index contributed by atoms with van der Waals surface area (Å²) in [5, 5.41) is 0. The van der Waals surface area contributed by atoms with E-state index in [4.69, 9.17) is 0 Å². The van der Waals surface area contributed by atoms with Crippen molar-refractivity contribution in [2.24, 2.45) is 5.41 Å². The Bertz CT molecular complexity index is 736. The number of benzene rings is 1. The smallest absolute Gasteiger partial charge is 0.0704 e. The molecular weight excluding hydrogens is 302 g/mol. The fourth-order valence-electron chi connectivity index (χ4n) is 3.99. The topological polar surface area (TPSA) is 12.9 Å². The number of hydrogen-bond acceptors (Lipinski definition) is 1. The van der Waals surface area contributed by atoms with E-state index in [-0.39, 0.29) is 16.2 Å². The number of rotatable bonds is 1. The van der Waals surface area contributed by atoms with Crippen molar-refractivity contribution in [2.45, 2.75) is 79.6 Å². The highest BCUT2D eigenvalue weighted by molar-refractivity contribution is 5.68. The van der Waals surface area contributed by atoms with Gasteiger partial charge in [0.15, 0.2) is 0 Å². The molecule has 0 fully saturated rings. The van der Waals surface area contributed by atoms with E-state index < -0.39 is 0 Å². The van der Waals surface area contributed by atoms with E-state index in [0.29, 0.717) is 0 Å².